The van der Waals surface area contributed by atoms with Crippen molar-refractivity contribution in [3.8, 4) is 0 Å². The molecule has 0 aliphatic carbocycles. The molecule has 0 aliphatic rings. The topological polar surface area (TPSA) is 54.3 Å². The van der Waals surface area contributed by atoms with Crippen molar-refractivity contribution < 1.29 is 4.79 Å². The van der Waals surface area contributed by atoms with Crippen LogP contribution in [0.25, 0.3) is 10.2 Å². The summed E-state index contributed by atoms with van der Waals surface area (Å²) in [5, 5.41) is 5.59. The summed E-state index contributed by atoms with van der Waals surface area (Å²) in [7, 11) is 3.97. The molecule has 0 unspecified atom stereocenters. The highest BCUT2D eigenvalue weighted by Gasteiger charge is 2.24. The Bertz CT molecular complexity index is 933. The van der Waals surface area contributed by atoms with Crippen LogP contribution in [0.5, 0.6) is 0 Å². The van der Waals surface area contributed by atoms with Gasteiger partial charge in [0.25, 0.3) is 5.91 Å². The Morgan fingerprint density at radius 3 is 2.73 bits per heavy atom. The first kappa shape index (κ1) is 18.8. The van der Waals surface area contributed by atoms with E-state index in [0.29, 0.717) is 28.9 Å². The maximum Gasteiger partial charge on any atom is 0.278 e. The van der Waals surface area contributed by atoms with Crippen LogP contribution >= 0.6 is 22.9 Å². The van der Waals surface area contributed by atoms with E-state index in [1.807, 2.05) is 45.0 Å². The second-order valence-electron chi connectivity index (χ2n) is 6.31. The molecule has 3 rings (SSSR count). The molecule has 0 saturated carbocycles. The minimum Gasteiger partial charge on any atom is -0.308 e. The number of hydrogen-bond acceptors (Lipinski definition) is 5. The van der Waals surface area contributed by atoms with Gasteiger partial charge in [-0.15, -0.1) is 0 Å². The highest BCUT2D eigenvalue weighted by Crippen LogP contribution is 2.34. The molecular formula is C18H22ClN5OS. The first-order valence-corrected chi connectivity index (χ1v) is 9.65. The first-order chi connectivity index (χ1) is 12.4. The van der Waals surface area contributed by atoms with Gasteiger partial charge >= 0.3 is 0 Å². The molecule has 6 nitrogen and oxygen atoms in total. The van der Waals surface area contributed by atoms with E-state index in [-0.39, 0.29) is 5.91 Å². The van der Waals surface area contributed by atoms with Gasteiger partial charge in [0.05, 0.1) is 10.2 Å². The van der Waals surface area contributed by atoms with Gasteiger partial charge in [-0.3, -0.25) is 14.4 Å². The van der Waals surface area contributed by atoms with Crippen molar-refractivity contribution in [2.75, 3.05) is 32.1 Å². The Morgan fingerprint density at radius 1 is 1.27 bits per heavy atom. The third-order valence-corrected chi connectivity index (χ3v) is 5.67. The van der Waals surface area contributed by atoms with E-state index in [9.17, 15) is 4.79 Å². The van der Waals surface area contributed by atoms with Crippen LogP contribution in [-0.4, -0.2) is 52.8 Å². The van der Waals surface area contributed by atoms with Gasteiger partial charge in [-0.05, 0) is 51.7 Å². The maximum absolute atomic E-state index is 13.2. The van der Waals surface area contributed by atoms with Gasteiger partial charge in [0.15, 0.2) is 5.13 Å². The van der Waals surface area contributed by atoms with Crippen LogP contribution in [-0.2, 0) is 6.54 Å². The fraction of sp³-hybridized carbons (Fsp3) is 0.389. The molecule has 1 aromatic carbocycles. The molecule has 0 saturated heterocycles. The lowest BCUT2D eigenvalue weighted by atomic mass is 10.2. The van der Waals surface area contributed by atoms with Crippen molar-refractivity contribution in [1.82, 2.24) is 19.7 Å². The van der Waals surface area contributed by atoms with Crippen LogP contribution in [0.2, 0.25) is 5.02 Å². The van der Waals surface area contributed by atoms with Crippen LogP contribution < -0.4 is 4.90 Å². The Kier molecular flexibility index (Phi) is 5.60. The normalized spacial score (nSPS) is 11.5. The van der Waals surface area contributed by atoms with Crippen molar-refractivity contribution in [1.29, 1.82) is 0 Å². The second-order valence-corrected chi connectivity index (χ2v) is 7.72. The van der Waals surface area contributed by atoms with Gasteiger partial charge in [0, 0.05) is 30.9 Å². The van der Waals surface area contributed by atoms with E-state index in [1.165, 1.54) is 11.3 Å². The fourth-order valence-corrected chi connectivity index (χ4v) is 3.89. The molecule has 0 bridgehead atoms. The number of thiazole rings is 1. The highest BCUT2D eigenvalue weighted by atomic mass is 35.5. The summed E-state index contributed by atoms with van der Waals surface area (Å²) in [6.45, 7) is 5.85. The molecule has 138 valence electrons. The number of halogens is 1. The lowest BCUT2D eigenvalue weighted by Gasteiger charge is -2.22. The highest BCUT2D eigenvalue weighted by molar-refractivity contribution is 7.22. The summed E-state index contributed by atoms with van der Waals surface area (Å²) in [5.74, 6) is -0.0889. The van der Waals surface area contributed by atoms with E-state index in [4.69, 9.17) is 16.6 Å². The molecule has 3 aromatic rings. The third-order valence-electron chi connectivity index (χ3n) is 4.22. The first-order valence-electron chi connectivity index (χ1n) is 8.46. The summed E-state index contributed by atoms with van der Waals surface area (Å²) >= 11 is 7.73. The summed E-state index contributed by atoms with van der Waals surface area (Å²) in [5.41, 5.74) is 2.36. The maximum atomic E-state index is 13.2. The van der Waals surface area contributed by atoms with Gasteiger partial charge in [-0.2, -0.15) is 5.10 Å². The van der Waals surface area contributed by atoms with Gasteiger partial charge in [0.2, 0.25) is 0 Å². The van der Waals surface area contributed by atoms with E-state index >= 15 is 0 Å². The number of carbonyl (C=O) groups excluding carboxylic acids is 1. The number of anilines is 1. The van der Waals surface area contributed by atoms with Crippen molar-refractivity contribution in [2.45, 2.75) is 20.4 Å². The number of aryl methyl sites for hydroxylation is 2. The minimum absolute atomic E-state index is 0.0889. The number of hydrogen-bond donors (Lipinski definition) is 0. The van der Waals surface area contributed by atoms with Crippen LogP contribution in [0.1, 0.15) is 23.0 Å². The van der Waals surface area contributed by atoms with E-state index in [2.05, 4.69) is 5.10 Å². The minimum atomic E-state index is -0.0889. The third kappa shape index (κ3) is 3.60. The average molecular weight is 392 g/mol. The molecule has 0 spiro atoms. The predicted molar refractivity (Wildman–Crippen MR) is 107 cm³/mol. The van der Waals surface area contributed by atoms with Crippen molar-refractivity contribution >= 4 is 44.2 Å². The molecule has 0 fully saturated rings. The lowest BCUT2D eigenvalue weighted by Crippen LogP contribution is -2.37. The van der Waals surface area contributed by atoms with Crippen molar-refractivity contribution in [3.63, 3.8) is 0 Å². The monoisotopic (exact) mass is 391 g/mol. The largest absolute Gasteiger partial charge is 0.308 e. The number of likely N-dealkylation sites (N-methyl/N-ethyl adjacent to an activating group) is 1. The number of benzene rings is 1. The molecule has 1 amide bonds. The summed E-state index contributed by atoms with van der Waals surface area (Å²) in [6.07, 6.45) is 1.66. The second kappa shape index (κ2) is 7.73. The predicted octanol–water partition coefficient (Wildman–Crippen LogP) is 3.68. The van der Waals surface area contributed by atoms with Crippen molar-refractivity contribution in [2.24, 2.45) is 0 Å². The molecule has 0 radical (unpaired) electrons. The number of amides is 1. The molecule has 0 N–H and O–H groups in total. The standard InChI is InChI=1S/C18H22ClN5OS/c1-5-24-14(8-9-20-24)17(25)23(11-10-22(3)4)18-21-16-12(2)13(19)6-7-15(16)26-18/h6-9H,5,10-11H2,1-4H3. The molecule has 0 atom stereocenters. The smallest absolute Gasteiger partial charge is 0.278 e. The molecule has 26 heavy (non-hydrogen) atoms. The summed E-state index contributed by atoms with van der Waals surface area (Å²) in [4.78, 5) is 21.7. The van der Waals surface area contributed by atoms with Crippen LogP contribution in [0.3, 0.4) is 0 Å². The number of rotatable bonds is 6. The summed E-state index contributed by atoms with van der Waals surface area (Å²) < 4.78 is 2.73. The number of fused-ring (bicyclic) bond motifs is 1. The number of carbonyl (C=O) groups is 1. The van der Waals surface area contributed by atoms with E-state index < -0.39 is 0 Å². The Hall–Kier alpha value is -1.96. The Labute approximate surface area is 162 Å². The van der Waals surface area contributed by atoms with Crippen molar-refractivity contribution in [3.05, 3.63) is 40.7 Å². The molecule has 2 aromatic heterocycles. The Morgan fingerprint density at radius 2 is 2.04 bits per heavy atom. The average Bonchev–Trinajstić information content (AvgIpc) is 3.25. The van der Waals surface area contributed by atoms with Crippen LogP contribution in [0.4, 0.5) is 5.13 Å². The zero-order chi connectivity index (χ0) is 18.8. The zero-order valence-corrected chi connectivity index (χ0v) is 16.9. The molecule has 0 aliphatic heterocycles. The summed E-state index contributed by atoms with van der Waals surface area (Å²) in [6, 6.07) is 5.58. The van der Waals surface area contributed by atoms with Crippen LogP contribution in [0, 0.1) is 6.92 Å². The van der Waals surface area contributed by atoms with Gasteiger partial charge < -0.3 is 4.90 Å². The SMILES string of the molecule is CCn1nccc1C(=O)N(CCN(C)C)c1nc2c(C)c(Cl)ccc2s1. The molecule has 8 heteroatoms. The van der Waals surface area contributed by atoms with E-state index in [0.717, 1.165) is 22.3 Å². The van der Waals surface area contributed by atoms with Gasteiger partial charge in [0.1, 0.15) is 5.69 Å². The quantitative estimate of drug-likeness (QED) is 0.643. The van der Waals surface area contributed by atoms with Crippen LogP contribution in [0.15, 0.2) is 24.4 Å². The van der Waals surface area contributed by atoms with E-state index in [1.54, 1.807) is 21.8 Å². The van der Waals surface area contributed by atoms with Gasteiger partial charge in [-0.25, -0.2) is 4.98 Å². The lowest BCUT2D eigenvalue weighted by molar-refractivity contribution is 0.0975. The molecular weight excluding hydrogens is 370 g/mol. The number of nitrogens with zero attached hydrogens (tertiary/aromatic N) is 5. The Balaban J connectivity index is 2.03. The molecule has 2 heterocycles. The number of aromatic nitrogens is 3. The zero-order valence-electron chi connectivity index (χ0n) is 15.4. The van der Waals surface area contributed by atoms with Gasteiger partial charge in [-0.1, -0.05) is 22.9 Å². The fourth-order valence-electron chi connectivity index (χ4n) is 2.69.